The standard InChI is InChI=1S/C8H12N6/c1-13(2)8-11-6(9)5-7(12-8)14(3)4-10-5/h4H,1-3H3,(H2,9,11,12). The zero-order valence-corrected chi connectivity index (χ0v) is 8.39. The third-order valence-corrected chi connectivity index (χ3v) is 1.97. The first kappa shape index (κ1) is 8.74. The summed E-state index contributed by atoms with van der Waals surface area (Å²) in [5.74, 6) is 1.01. The first-order valence-electron chi connectivity index (χ1n) is 4.21. The minimum atomic E-state index is 0.416. The first-order chi connectivity index (χ1) is 6.59. The van der Waals surface area contributed by atoms with Gasteiger partial charge in [0.25, 0.3) is 0 Å². The van der Waals surface area contributed by atoms with Gasteiger partial charge >= 0.3 is 0 Å². The Bertz CT molecular complexity index is 472. The number of aryl methyl sites for hydroxylation is 1. The minimum Gasteiger partial charge on any atom is -0.382 e. The summed E-state index contributed by atoms with van der Waals surface area (Å²) in [7, 11) is 5.62. The molecular formula is C8H12N6. The molecule has 0 fully saturated rings. The van der Waals surface area contributed by atoms with Gasteiger partial charge in [-0.15, -0.1) is 0 Å². The molecule has 0 aliphatic rings. The number of nitrogen functional groups attached to an aromatic ring is 1. The monoisotopic (exact) mass is 192 g/mol. The highest BCUT2D eigenvalue weighted by molar-refractivity contribution is 5.82. The predicted molar refractivity (Wildman–Crippen MR) is 55.0 cm³/mol. The molecule has 0 bridgehead atoms. The second-order valence-electron chi connectivity index (χ2n) is 3.33. The molecule has 74 valence electrons. The highest BCUT2D eigenvalue weighted by atomic mass is 15.2. The molecule has 0 aliphatic carbocycles. The van der Waals surface area contributed by atoms with Crippen molar-refractivity contribution in [3.8, 4) is 0 Å². The highest BCUT2D eigenvalue weighted by Gasteiger charge is 2.09. The number of anilines is 2. The molecular weight excluding hydrogens is 180 g/mol. The van der Waals surface area contributed by atoms with Crippen LogP contribution < -0.4 is 10.6 Å². The summed E-state index contributed by atoms with van der Waals surface area (Å²) in [4.78, 5) is 14.4. The van der Waals surface area contributed by atoms with Crippen molar-refractivity contribution >= 4 is 22.9 Å². The van der Waals surface area contributed by atoms with Gasteiger partial charge in [-0.05, 0) is 0 Å². The highest BCUT2D eigenvalue weighted by Crippen LogP contribution is 2.17. The number of hydrogen-bond acceptors (Lipinski definition) is 5. The molecule has 2 aromatic heterocycles. The molecule has 0 radical (unpaired) electrons. The summed E-state index contributed by atoms with van der Waals surface area (Å²) in [5.41, 5.74) is 7.16. The smallest absolute Gasteiger partial charge is 0.228 e. The van der Waals surface area contributed by atoms with Crippen LogP contribution in [-0.2, 0) is 7.05 Å². The van der Waals surface area contributed by atoms with Crippen molar-refractivity contribution in [1.29, 1.82) is 0 Å². The summed E-state index contributed by atoms with van der Waals surface area (Å²) in [6, 6.07) is 0. The second-order valence-corrected chi connectivity index (χ2v) is 3.33. The molecule has 0 spiro atoms. The van der Waals surface area contributed by atoms with E-state index in [9.17, 15) is 0 Å². The molecule has 14 heavy (non-hydrogen) atoms. The SMILES string of the molecule is CN(C)c1nc(N)c2ncn(C)c2n1. The lowest BCUT2D eigenvalue weighted by molar-refractivity contribution is 0.919. The zero-order chi connectivity index (χ0) is 10.3. The Hall–Kier alpha value is -1.85. The van der Waals surface area contributed by atoms with Crippen LogP contribution in [0.25, 0.3) is 11.2 Å². The lowest BCUT2D eigenvalue weighted by atomic mass is 10.5. The van der Waals surface area contributed by atoms with Crippen molar-refractivity contribution in [2.45, 2.75) is 0 Å². The average molecular weight is 192 g/mol. The molecule has 2 rings (SSSR count). The Labute approximate surface area is 81.4 Å². The van der Waals surface area contributed by atoms with E-state index >= 15 is 0 Å². The maximum atomic E-state index is 5.75. The summed E-state index contributed by atoms with van der Waals surface area (Å²) in [6.45, 7) is 0. The largest absolute Gasteiger partial charge is 0.382 e. The molecule has 0 amide bonds. The summed E-state index contributed by atoms with van der Waals surface area (Å²) in [6.07, 6.45) is 1.68. The van der Waals surface area contributed by atoms with Crippen LogP contribution in [0, 0.1) is 0 Å². The molecule has 0 atom stereocenters. The van der Waals surface area contributed by atoms with Crippen LogP contribution in [-0.4, -0.2) is 33.6 Å². The normalized spacial score (nSPS) is 10.8. The van der Waals surface area contributed by atoms with Gasteiger partial charge in [-0.2, -0.15) is 9.97 Å². The first-order valence-corrected chi connectivity index (χ1v) is 4.21. The van der Waals surface area contributed by atoms with E-state index < -0.39 is 0 Å². The Kier molecular flexibility index (Phi) is 1.77. The van der Waals surface area contributed by atoms with E-state index in [-0.39, 0.29) is 0 Å². The van der Waals surface area contributed by atoms with Crippen LogP contribution >= 0.6 is 0 Å². The average Bonchev–Trinajstić information content (AvgIpc) is 2.48. The molecule has 0 saturated carbocycles. The summed E-state index contributed by atoms with van der Waals surface area (Å²) >= 11 is 0. The van der Waals surface area contributed by atoms with E-state index in [1.807, 2.05) is 30.6 Å². The molecule has 0 saturated heterocycles. The van der Waals surface area contributed by atoms with Crippen LogP contribution in [0.5, 0.6) is 0 Å². The van der Waals surface area contributed by atoms with Crippen molar-refractivity contribution < 1.29 is 0 Å². The van der Waals surface area contributed by atoms with Crippen molar-refractivity contribution in [2.75, 3.05) is 24.7 Å². The summed E-state index contributed by atoms with van der Waals surface area (Å²) in [5, 5.41) is 0. The third kappa shape index (κ3) is 1.15. The van der Waals surface area contributed by atoms with Crippen molar-refractivity contribution in [3.63, 3.8) is 0 Å². The van der Waals surface area contributed by atoms with Crippen LogP contribution in [0.4, 0.5) is 11.8 Å². The number of nitrogens with zero attached hydrogens (tertiary/aromatic N) is 5. The van der Waals surface area contributed by atoms with E-state index in [1.165, 1.54) is 0 Å². The van der Waals surface area contributed by atoms with Crippen LogP contribution in [0.1, 0.15) is 0 Å². The fraction of sp³-hybridized carbons (Fsp3) is 0.375. The number of hydrogen-bond donors (Lipinski definition) is 1. The quantitative estimate of drug-likeness (QED) is 0.689. The fourth-order valence-corrected chi connectivity index (χ4v) is 1.22. The van der Waals surface area contributed by atoms with Gasteiger partial charge in [0.15, 0.2) is 11.5 Å². The number of fused-ring (bicyclic) bond motifs is 1. The molecule has 6 heteroatoms. The van der Waals surface area contributed by atoms with E-state index in [1.54, 1.807) is 6.33 Å². The van der Waals surface area contributed by atoms with Crippen LogP contribution in [0.3, 0.4) is 0 Å². The van der Waals surface area contributed by atoms with E-state index in [0.717, 1.165) is 5.65 Å². The van der Waals surface area contributed by atoms with Gasteiger partial charge in [0.05, 0.1) is 6.33 Å². The minimum absolute atomic E-state index is 0.416. The third-order valence-electron chi connectivity index (χ3n) is 1.97. The van der Waals surface area contributed by atoms with Gasteiger partial charge in [0.2, 0.25) is 5.95 Å². The molecule has 0 unspecified atom stereocenters. The Balaban J connectivity index is 2.75. The summed E-state index contributed by atoms with van der Waals surface area (Å²) < 4.78 is 1.82. The number of nitrogens with two attached hydrogens (primary N) is 1. The number of rotatable bonds is 1. The van der Waals surface area contributed by atoms with Crippen LogP contribution in [0.15, 0.2) is 6.33 Å². The van der Waals surface area contributed by atoms with Crippen molar-refractivity contribution in [2.24, 2.45) is 7.05 Å². The van der Waals surface area contributed by atoms with E-state index in [2.05, 4.69) is 15.0 Å². The van der Waals surface area contributed by atoms with E-state index in [0.29, 0.717) is 17.3 Å². The van der Waals surface area contributed by atoms with E-state index in [4.69, 9.17) is 5.73 Å². The van der Waals surface area contributed by atoms with Gasteiger partial charge in [-0.3, -0.25) is 0 Å². The Morgan fingerprint density at radius 1 is 1.36 bits per heavy atom. The van der Waals surface area contributed by atoms with Crippen molar-refractivity contribution in [3.05, 3.63) is 6.33 Å². The van der Waals surface area contributed by atoms with Gasteiger partial charge < -0.3 is 15.2 Å². The maximum Gasteiger partial charge on any atom is 0.228 e. The molecule has 2 heterocycles. The zero-order valence-electron chi connectivity index (χ0n) is 8.39. The Morgan fingerprint density at radius 2 is 2.07 bits per heavy atom. The lowest BCUT2D eigenvalue weighted by Gasteiger charge is -2.10. The second kappa shape index (κ2) is 2.83. The Morgan fingerprint density at radius 3 is 2.71 bits per heavy atom. The van der Waals surface area contributed by atoms with Gasteiger partial charge in [0.1, 0.15) is 5.52 Å². The fourth-order valence-electron chi connectivity index (χ4n) is 1.22. The molecule has 2 N–H and O–H groups in total. The van der Waals surface area contributed by atoms with Gasteiger partial charge in [0, 0.05) is 21.1 Å². The topological polar surface area (TPSA) is 72.9 Å². The molecule has 0 aliphatic heterocycles. The van der Waals surface area contributed by atoms with Crippen molar-refractivity contribution in [1.82, 2.24) is 19.5 Å². The predicted octanol–water partition coefficient (Wildman–Crippen LogP) is 0.0115. The molecule has 2 aromatic rings. The molecule has 6 nitrogen and oxygen atoms in total. The lowest BCUT2D eigenvalue weighted by Crippen LogP contribution is -2.14. The van der Waals surface area contributed by atoms with Gasteiger partial charge in [-0.25, -0.2) is 4.98 Å². The number of aromatic nitrogens is 4. The van der Waals surface area contributed by atoms with Crippen LogP contribution in [0.2, 0.25) is 0 Å². The maximum absolute atomic E-state index is 5.75. The number of imidazole rings is 1. The molecule has 0 aromatic carbocycles. The van der Waals surface area contributed by atoms with Gasteiger partial charge in [-0.1, -0.05) is 0 Å².